The average molecular weight is 576 g/mol. The van der Waals surface area contributed by atoms with Crippen molar-refractivity contribution in [2.75, 3.05) is 0 Å². The number of nitrogens with one attached hydrogen (secondary N) is 1. The van der Waals surface area contributed by atoms with Crippen LogP contribution in [0, 0.1) is 0 Å². The third-order valence-corrected chi connectivity index (χ3v) is 7.65. The first-order chi connectivity index (χ1) is 18.0. The molecule has 1 aliphatic rings. The highest BCUT2D eigenvalue weighted by molar-refractivity contribution is 7.16. The first-order valence-corrected chi connectivity index (χ1v) is 12.8. The van der Waals surface area contributed by atoms with Gasteiger partial charge in [-0.15, -0.1) is 11.3 Å². The Morgan fingerprint density at radius 3 is 2.45 bits per heavy atom. The minimum Gasteiger partial charge on any atom is -0.481 e. The maximum Gasteiger partial charge on any atom is 0.337 e. The molecule has 1 unspecified atom stereocenters. The van der Waals surface area contributed by atoms with Gasteiger partial charge in [-0.1, -0.05) is 53.5 Å². The van der Waals surface area contributed by atoms with E-state index in [1.165, 1.54) is 0 Å². The monoisotopic (exact) mass is 575 g/mol. The van der Waals surface area contributed by atoms with Crippen LogP contribution < -0.4 is 5.56 Å². The molecule has 1 amide bonds. The standard InChI is InChI=1S/C26H17Cl2F2N3O4S/c27-14-7-5-13(6-8-14)22-15-3-1-2-4-16(15)31-24(36)23(22)17-11-18(19-9-10-20(28)38-19)33(32-17)25(37)26(29,30)12-21(34)35/h1-10,18H,11-12H2,(H,31,36)(H,34,35). The van der Waals surface area contributed by atoms with E-state index in [4.69, 9.17) is 28.3 Å². The number of hydrogen-bond acceptors (Lipinski definition) is 5. The number of hydrazone groups is 1. The van der Waals surface area contributed by atoms with E-state index < -0.39 is 35.8 Å². The number of thiophene rings is 1. The van der Waals surface area contributed by atoms with Crippen LogP contribution in [0.1, 0.15) is 29.3 Å². The van der Waals surface area contributed by atoms with E-state index in [1.54, 1.807) is 60.7 Å². The van der Waals surface area contributed by atoms with Gasteiger partial charge in [-0.05, 0) is 35.9 Å². The van der Waals surface area contributed by atoms with Gasteiger partial charge < -0.3 is 10.1 Å². The number of hydrogen-bond donors (Lipinski definition) is 2. The average Bonchev–Trinajstić information content (AvgIpc) is 3.49. The number of carboxylic acid groups (broad SMARTS) is 1. The topological polar surface area (TPSA) is 103 Å². The Balaban J connectivity index is 1.72. The summed E-state index contributed by atoms with van der Waals surface area (Å²) in [5.41, 5.74) is 1.35. The van der Waals surface area contributed by atoms with Crippen molar-refractivity contribution in [3.8, 4) is 11.1 Å². The SMILES string of the molecule is O=C(O)CC(F)(F)C(=O)N1N=C(c2c(-c3ccc(Cl)cc3)c3ccccc3[nH]c2=O)CC1c1ccc(Cl)s1. The van der Waals surface area contributed by atoms with Gasteiger partial charge in [0.2, 0.25) is 0 Å². The van der Waals surface area contributed by atoms with E-state index in [0.717, 1.165) is 11.3 Å². The normalized spacial score (nSPS) is 15.6. The number of para-hydroxylation sites is 1. The molecule has 0 spiro atoms. The van der Waals surface area contributed by atoms with Crippen molar-refractivity contribution in [2.24, 2.45) is 5.10 Å². The van der Waals surface area contributed by atoms with Crippen LogP contribution in [0.5, 0.6) is 0 Å². The molecule has 1 atom stereocenters. The predicted molar refractivity (Wildman–Crippen MR) is 142 cm³/mol. The fraction of sp³-hybridized carbons (Fsp3) is 0.154. The molecule has 3 heterocycles. The van der Waals surface area contributed by atoms with Crippen molar-refractivity contribution in [3.05, 3.63) is 90.8 Å². The van der Waals surface area contributed by atoms with Gasteiger partial charge >= 0.3 is 17.8 Å². The Labute approximate surface area is 227 Å². The molecule has 0 saturated carbocycles. The second-order valence-electron chi connectivity index (χ2n) is 8.59. The highest BCUT2D eigenvalue weighted by Crippen LogP contribution is 2.41. The molecule has 194 valence electrons. The summed E-state index contributed by atoms with van der Waals surface area (Å²) < 4.78 is 29.7. The lowest BCUT2D eigenvalue weighted by atomic mass is 9.92. The Bertz CT molecular complexity index is 1670. The number of halogens is 4. The Kier molecular flexibility index (Phi) is 6.81. The third kappa shape index (κ3) is 4.82. The number of alkyl halides is 2. The molecule has 5 rings (SSSR count). The lowest BCUT2D eigenvalue weighted by molar-refractivity contribution is -0.167. The van der Waals surface area contributed by atoms with Crippen molar-refractivity contribution >= 4 is 63.0 Å². The number of nitrogens with zero attached hydrogens (tertiary/aromatic N) is 2. The number of amides is 1. The first-order valence-electron chi connectivity index (χ1n) is 11.2. The number of carboxylic acids is 1. The smallest absolute Gasteiger partial charge is 0.337 e. The van der Waals surface area contributed by atoms with Gasteiger partial charge in [-0.25, -0.2) is 5.01 Å². The molecule has 4 aromatic rings. The summed E-state index contributed by atoms with van der Waals surface area (Å²) >= 11 is 13.2. The number of carbonyl (C=O) groups excluding carboxylic acids is 1. The summed E-state index contributed by atoms with van der Waals surface area (Å²) in [5.74, 6) is -7.84. The highest BCUT2D eigenvalue weighted by atomic mass is 35.5. The molecular weight excluding hydrogens is 559 g/mol. The molecule has 12 heteroatoms. The zero-order valence-electron chi connectivity index (χ0n) is 19.3. The Morgan fingerprint density at radius 2 is 1.79 bits per heavy atom. The molecular formula is C26H17Cl2F2N3O4S. The number of carbonyl (C=O) groups is 2. The molecule has 7 nitrogen and oxygen atoms in total. The van der Waals surface area contributed by atoms with Crippen LogP contribution in [0.4, 0.5) is 8.78 Å². The first kappa shape index (κ1) is 26.0. The minimum absolute atomic E-state index is 0.0757. The highest BCUT2D eigenvalue weighted by Gasteiger charge is 2.49. The van der Waals surface area contributed by atoms with Gasteiger partial charge in [-0.2, -0.15) is 13.9 Å². The number of aromatic amines is 1. The van der Waals surface area contributed by atoms with Gasteiger partial charge in [0.05, 0.1) is 21.7 Å². The van der Waals surface area contributed by atoms with Crippen LogP contribution in [0.25, 0.3) is 22.0 Å². The predicted octanol–water partition coefficient (Wildman–Crippen LogP) is 6.35. The second kappa shape index (κ2) is 9.94. The summed E-state index contributed by atoms with van der Waals surface area (Å²) in [6.45, 7) is 0. The van der Waals surface area contributed by atoms with E-state index in [-0.39, 0.29) is 17.7 Å². The summed E-state index contributed by atoms with van der Waals surface area (Å²) in [4.78, 5) is 40.6. The fourth-order valence-electron chi connectivity index (χ4n) is 4.45. The van der Waals surface area contributed by atoms with E-state index in [2.05, 4.69) is 10.1 Å². The van der Waals surface area contributed by atoms with Crippen molar-refractivity contribution < 1.29 is 23.5 Å². The number of benzene rings is 2. The van der Waals surface area contributed by atoms with Gasteiger partial charge in [0.1, 0.15) is 6.42 Å². The summed E-state index contributed by atoms with van der Waals surface area (Å²) in [6, 6.07) is 16.0. The largest absolute Gasteiger partial charge is 0.481 e. The Morgan fingerprint density at radius 1 is 1.08 bits per heavy atom. The summed E-state index contributed by atoms with van der Waals surface area (Å²) in [6.07, 6.45) is -1.77. The van der Waals surface area contributed by atoms with Gasteiger partial charge in [0.25, 0.3) is 5.56 Å². The zero-order valence-corrected chi connectivity index (χ0v) is 21.6. The molecule has 0 aliphatic carbocycles. The van der Waals surface area contributed by atoms with Gasteiger partial charge in [-0.3, -0.25) is 14.4 Å². The molecule has 0 radical (unpaired) electrons. The van der Waals surface area contributed by atoms with Crippen LogP contribution in [-0.2, 0) is 9.59 Å². The summed E-state index contributed by atoms with van der Waals surface area (Å²) in [5, 5.41) is 14.9. The summed E-state index contributed by atoms with van der Waals surface area (Å²) in [7, 11) is 0. The van der Waals surface area contributed by atoms with Crippen molar-refractivity contribution in [2.45, 2.75) is 24.8 Å². The van der Waals surface area contributed by atoms with Gasteiger partial charge in [0, 0.05) is 32.8 Å². The van der Waals surface area contributed by atoms with Crippen molar-refractivity contribution in [1.82, 2.24) is 9.99 Å². The number of pyridine rings is 1. The number of aliphatic carboxylic acids is 1. The molecule has 0 saturated heterocycles. The minimum atomic E-state index is -4.22. The number of H-pyrrole nitrogens is 1. The van der Waals surface area contributed by atoms with E-state index in [0.29, 0.717) is 41.3 Å². The Hall–Kier alpha value is -3.60. The lowest BCUT2D eigenvalue weighted by Crippen LogP contribution is -2.42. The molecule has 0 fully saturated rings. The maximum atomic E-state index is 14.7. The molecule has 1 aliphatic heterocycles. The maximum absolute atomic E-state index is 14.7. The van der Waals surface area contributed by atoms with Crippen LogP contribution in [0.2, 0.25) is 9.36 Å². The van der Waals surface area contributed by atoms with Crippen LogP contribution in [0.3, 0.4) is 0 Å². The second-order valence-corrected chi connectivity index (χ2v) is 10.8. The molecule has 0 bridgehead atoms. The number of rotatable bonds is 6. The quantitative estimate of drug-likeness (QED) is 0.279. The number of aromatic nitrogens is 1. The van der Waals surface area contributed by atoms with E-state index in [1.807, 2.05) is 0 Å². The van der Waals surface area contributed by atoms with E-state index in [9.17, 15) is 23.2 Å². The lowest BCUT2D eigenvalue weighted by Gasteiger charge is -2.24. The van der Waals surface area contributed by atoms with Gasteiger partial charge in [0.15, 0.2) is 0 Å². The molecule has 38 heavy (non-hydrogen) atoms. The van der Waals surface area contributed by atoms with E-state index >= 15 is 0 Å². The van der Waals surface area contributed by atoms with Crippen molar-refractivity contribution in [3.63, 3.8) is 0 Å². The van der Waals surface area contributed by atoms with Crippen LogP contribution in [-0.4, -0.2) is 38.6 Å². The fourth-order valence-corrected chi connectivity index (χ4v) is 5.72. The third-order valence-electron chi connectivity index (χ3n) is 6.07. The zero-order chi connectivity index (χ0) is 27.2. The van der Waals surface area contributed by atoms with Crippen molar-refractivity contribution in [1.29, 1.82) is 0 Å². The molecule has 2 N–H and O–H groups in total. The van der Waals surface area contributed by atoms with Crippen LogP contribution in [0.15, 0.2) is 70.6 Å². The molecule has 2 aromatic heterocycles. The molecule has 2 aromatic carbocycles. The van der Waals surface area contributed by atoms with Crippen LogP contribution >= 0.6 is 34.5 Å². The number of fused-ring (bicyclic) bond motifs is 1.